The lowest BCUT2D eigenvalue weighted by Gasteiger charge is -2.10. The number of oxazole rings is 1. The zero-order chi connectivity index (χ0) is 18.5. The highest BCUT2D eigenvalue weighted by atomic mass is 16.5. The van der Waals surface area contributed by atoms with Gasteiger partial charge in [-0.25, -0.2) is 4.98 Å². The molecule has 1 N–H and O–H groups in total. The Labute approximate surface area is 153 Å². The second kappa shape index (κ2) is 7.87. The monoisotopic (exact) mass is 350 g/mol. The third kappa shape index (κ3) is 4.30. The van der Waals surface area contributed by atoms with Gasteiger partial charge in [-0.3, -0.25) is 4.79 Å². The van der Waals surface area contributed by atoms with Gasteiger partial charge in [0.15, 0.2) is 17.8 Å². The van der Waals surface area contributed by atoms with Gasteiger partial charge in [0.2, 0.25) is 0 Å². The van der Waals surface area contributed by atoms with E-state index in [1.165, 1.54) is 6.39 Å². The van der Waals surface area contributed by atoms with Crippen molar-refractivity contribution in [3.05, 3.63) is 71.7 Å². The van der Waals surface area contributed by atoms with Gasteiger partial charge in [-0.15, -0.1) is 0 Å². The van der Waals surface area contributed by atoms with E-state index in [9.17, 15) is 4.79 Å². The molecule has 26 heavy (non-hydrogen) atoms. The molecule has 5 nitrogen and oxygen atoms in total. The number of hydrogen-bond donors (Lipinski definition) is 1. The van der Waals surface area contributed by atoms with Crippen molar-refractivity contribution >= 4 is 5.91 Å². The summed E-state index contributed by atoms with van der Waals surface area (Å²) < 4.78 is 11.1. The Hall–Kier alpha value is -3.08. The van der Waals surface area contributed by atoms with Crippen LogP contribution in [0, 0.1) is 6.92 Å². The summed E-state index contributed by atoms with van der Waals surface area (Å²) in [5, 5.41) is 2.88. The summed E-state index contributed by atoms with van der Waals surface area (Å²) in [6.45, 7) is 6.36. The standard InChI is InChI=1S/C21H22N2O3/c1-14(2)26-18-9-7-16(8-10-18)12-22-21(24)19-20(25-13-23-19)17-6-4-5-15(3)11-17/h4-11,13-14H,12H2,1-3H3,(H,22,24). The SMILES string of the molecule is Cc1cccc(-c2ocnc2C(=O)NCc2ccc(OC(C)C)cc2)c1. The second-order valence-electron chi connectivity index (χ2n) is 6.39. The molecule has 3 rings (SSSR count). The number of benzene rings is 2. The zero-order valence-corrected chi connectivity index (χ0v) is 15.2. The van der Waals surface area contributed by atoms with Crippen molar-refractivity contribution in [2.75, 3.05) is 0 Å². The number of nitrogens with zero attached hydrogens (tertiary/aromatic N) is 1. The van der Waals surface area contributed by atoms with Crippen molar-refractivity contribution in [2.24, 2.45) is 0 Å². The van der Waals surface area contributed by atoms with E-state index in [0.29, 0.717) is 12.3 Å². The molecule has 1 amide bonds. The van der Waals surface area contributed by atoms with Crippen LogP contribution in [0.1, 0.15) is 35.5 Å². The molecule has 3 aromatic rings. The Kier molecular flexibility index (Phi) is 5.37. The van der Waals surface area contributed by atoms with E-state index in [2.05, 4.69) is 10.3 Å². The van der Waals surface area contributed by atoms with Crippen molar-refractivity contribution in [3.63, 3.8) is 0 Å². The summed E-state index contributed by atoms with van der Waals surface area (Å²) in [6, 6.07) is 15.4. The molecule has 0 aliphatic carbocycles. The first kappa shape index (κ1) is 17.7. The van der Waals surface area contributed by atoms with Crippen LogP contribution in [0.25, 0.3) is 11.3 Å². The maximum absolute atomic E-state index is 12.5. The van der Waals surface area contributed by atoms with Crippen molar-refractivity contribution < 1.29 is 13.9 Å². The van der Waals surface area contributed by atoms with Crippen LogP contribution < -0.4 is 10.1 Å². The van der Waals surface area contributed by atoms with Gasteiger partial charge in [0.05, 0.1) is 6.10 Å². The van der Waals surface area contributed by atoms with Crippen LogP contribution >= 0.6 is 0 Å². The molecule has 134 valence electrons. The van der Waals surface area contributed by atoms with Crippen molar-refractivity contribution in [1.29, 1.82) is 0 Å². The minimum absolute atomic E-state index is 0.132. The molecule has 0 aliphatic rings. The molecule has 2 aromatic carbocycles. The van der Waals surface area contributed by atoms with E-state index in [4.69, 9.17) is 9.15 Å². The molecule has 0 fully saturated rings. The van der Waals surface area contributed by atoms with Gasteiger partial charge < -0.3 is 14.5 Å². The molecule has 0 unspecified atom stereocenters. The van der Waals surface area contributed by atoms with Crippen molar-refractivity contribution in [2.45, 2.75) is 33.4 Å². The molecule has 0 spiro atoms. The smallest absolute Gasteiger partial charge is 0.274 e. The highest BCUT2D eigenvalue weighted by molar-refractivity contribution is 5.97. The lowest BCUT2D eigenvalue weighted by molar-refractivity contribution is 0.0947. The normalized spacial score (nSPS) is 10.8. The van der Waals surface area contributed by atoms with Crippen LogP contribution in [0.15, 0.2) is 59.3 Å². The van der Waals surface area contributed by atoms with Crippen LogP contribution in [0.3, 0.4) is 0 Å². The summed E-state index contributed by atoms with van der Waals surface area (Å²) in [5.74, 6) is 1.03. The number of carbonyl (C=O) groups is 1. The van der Waals surface area contributed by atoms with Gasteiger partial charge in [0.1, 0.15) is 5.75 Å². The van der Waals surface area contributed by atoms with Crippen molar-refractivity contribution in [1.82, 2.24) is 10.3 Å². The zero-order valence-electron chi connectivity index (χ0n) is 15.2. The van der Waals surface area contributed by atoms with E-state index < -0.39 is 0 Å². The van der Waals surface area contributed by atoms with Crippen LogP contribution in [0.4, 0.5) is 0 Å². The molecular weight excluding hydrogens is 328 g/mol. The molecular formula is C21H22N2O3. The number of rotatable bonds is 6. The molecule has 0 atom stereocenters. The number of aryl methyl sites for hydroxylation is 1. The third-order valence-electron chi connectivity index (χ3n) is 3.81. The van der Waals surface area contributed by atoms with Gasteiger partial charge >= 0.3 is 0 Å². The Morgan fingerprint density at radius 3 is 2.65 bits per heavy atom. The van der Waals surface area contributed by atoms with Gasteiger partial charge in [0, 0.05) is 12.1 Å². The van der Waals surface area contributed by atoms with Crippen LogP contribution in [-0.4, -0.2) is 17.0 Å². The molecule has 1 heterocycles. The Morgan fingerprint density at radius 1 is 1.19 bits per heavy atom. The highest BCUT2D eigenvalue weighted by Crippen LogP contribution is 2.24. The summed E-state index contributed by atoms with van der Waals surface area (Å²) in [7, 11) is 0. The van der Waals surface area contributed by atoms with Gasteiger partial charge in [-0.2, -0.15) is 0 Å². The van der Waals surface area contributed by atoms with E-state index in [0.717, 1.165) is 22.4 Å². The number of hydrogen-bond acceptors (Lipinski definition) is 4. The quantitative estimate of drug-likeness (QED) is 0.717. The maximum atomic E-state index is 12.5. The first-order valence-electron chi connectivity index (χ1n) is 8.57. The van der Waals surface area contributed by atoms with Gasteiger partial charge in [-0.05, 0) is 44.5 Å². The van der Waals surface area contributed by atoms with E-state index in [-0.39, 0.29) is 17.7 Å². The molecule has 0 bridgehead atoms. The second-order valence-corrected chi connectivity index (χ2v) is 6.39. The fourth-order valence-electron chi connectivity index (χ4n) is 2.62. The minimum atomic E-state index is -0.266. The lowest BCUT2D eigenvalue weighted by Crippen LogP contribution is -2.23. The van der Waals surface area contributed by atoms with Crippen LogP contribution in [0.2, 0.25) is 0 Å². The average Bonchev–Trinajstić information content (AvgIpc) is 3.10. The molecule has 0 saturated carbocycles. The predicted octanol–water partition coefficient (Wildman–Crippen LogP) is 4.37. The van der Waals surface area contributed by atoms with E-state index >= 15 is 0 Å². The Balaban J connectivity index is 1.67. The number of carbonyl (C=O) groups excluding carboxylic acids is 1. The highest BCUT2D eigenvalue weighted by Gasteiger charge is 2.18. The maximum Gasteiger partial charge on any atom is 0.274 e. The van der Waals surface area contributed by atoms with Crippen LogP contribution in [0.5, 0.6) is 5.75 Å². The lowest BCUT2D eigenvalue weighted by atomic mass is 10.1. The summed E-state index contributed by atoms with van der Waals surface area (Å²) >= 11 is 0. The van der Waals surface area contributed by atoms with Crippen LogP contribution in [-0.2, 0) is 6.54 Å². The molecule has 0 saturated heterocycles. The number of aromatic nitrogens is 1. The molecule has 0 aliphatic heterocycles. The molecule has 1 aromatic heterocycles. The Bertz CT molecular complexity index is 882. The Morgan fingerprint density at radius 2 is 1.96 bits per heavy atom. The predicted molar refractivity (Wildman–Crippen MR) is 100 cm³/mol. The van der Waals surface area contributed by atoms with E-state index in [1.807, 2.05) is 69.3 Å². The van der Waals surface area contributed by atoms with Gasteiger partial charge in [-0.1, -0.05) is 35.9 Å². The fourth-order valence-corrected chi connectivity index (χ4v) is 2.62. The van der Waals surface area contributed by atoms with E-state index in [1.54, 1.807) is 0 Å². The topological polar surface area (TPSA) is 64.4 Å². The minimum Gasteiger partial charge on any atom is -0.491 e. The summed E-state index contributed by atoms with van der Waals surface area (Å²) in [5.41, 5.74) is 3.20. The first-order valence-corrected chi connectivity index (χ1v) is 8.57. The number of ether oxygens (including phenoxy) is 1. The summed E-state index contributed by atoms with van der Waals surface area (Å²) in [4.78, 5) is 16.6. The number of nitrogens with one attached hydrogen (secondary N) is 1. The third-order valence-corrected chi connectivity index (χ3v) is 3.81. The van der Waals surface area contributed by atoms with Gasteiger partial charge in [0.25, 0.3) is 5.91 Å². The summed E-state index contributed by atoms with van der Waals surface area (Å²) in [6.07, 6.45) is 1.43. The fraction of sp³-hybridized carbons (Fsp3) is 0.238. The number of amides is 1. The molecule has 0 radical (unpaired) electrons. The molecule has 5 heteroatoms. The largest absolute Gasteiger partial charge is 0.491 e. The van der Waals surface area contributed by atoms with Crippen molar-refractivity contribution in [3.8, 4) is 17.1 Å². The average molecular weight is 350 g/mol. The first-order chi connectivity index (χ1) is 12.5.